The summed E-state index contributed by atoms with van der Waals surface area (Å²) in [6.07, 6.45) is -14.9. The average Bonchev–Trinajstić information content (AvgIpc) is 3.05. The number of hydrogen-bond donors (Lipinski definition) is 9. The lowest BCUT2D eigenvalue weighted by atomic mass is 10.00. The summed E-state index contributed by atoms with van der Waals surface area (Å²) >= 11 is 0. The van der Waals surface area contributed by atoms with Crippen molar-refractivity contribution in [1.29, 1.82) is 0 Å². The highest BCUT2D eigenvalue weighted by Gasteiger charge is 2.47. The Labute approximate surface area is 199 Å². The Hall–Kier alpha value is -1.38. The van der Waals surface area contributed by atoms with Gasteiger partial charge in [-0.05, 0) is 0 Å². The maximum Gasteiger partial charge on any atom is 0.481 e. The first kappa shape index (κ1) is 29.2. The molecule has 2 fully saturated rings. The fourth-order valence-electron chi connectivity index (χ4n) is 3.31. The molecule has 3 heterocycles. The van der Waals surface area contributed by atoms with Crippen LogP contribution in [-0.4, -0.2) is 112 Å². The van der Waals surface area contributed by atoms with Gasteiger partial charge >= 0.3 is 21.3 Å². The lowest BCUT2D eigenvalue weighted by Crippen LogP contribution is -2.58. The second-order valence-corrected chi connectivity index (χ2v) is 10.8. The number of phosphoric ester groups is 2. The summed E-state index contributed by atoms with van der Waals surface area (Å²) in [6.45, 7) is -2.05. The molecule has 0 radical (unpaired) electrons. The Morgan fingerprint density at radius 2 is 1.36 bits per heavy atom. The van der Waals surface area contributed by atoms with Gasteiger partial charge in [0.2, 0.25) is 0 Å². The Kier molecular flexibility index (Phi) is 9.05. The van der Waals surface area contributed by atoms with Gasteiger partial charge in [0, 0.05) is 12.3 Å². The number of nitrogens with zero attached hydrogens (tertiary/aromatic N) is 1. The molecule has 2 aliphatic heterocycles. The Morgan fingerprint density at radius 3 is 1.92 bits per heavy atom. The number of aromatic nitrogens is 2. The minimum Gasteiger partial charge on any atom is -0.387 e. The average molecular weight is 566 g/mol. The highest BCUT2D eigenvalue weighted by molar-refractivity contribution is 7.61. The summed E-state index contributed by atoms with van der Waals surface area (Å²) in [7, 11) is -10.8. The van der Waals surface area contributed by atoms with E-state index in [1.165, 1.54) is 0 Å². The van der Waals surface area contributed by atoms with Crippen molar-refractivity contribution in [2.45, 2.75) is 55.2 Å². The van der Waals surface area contributed by atoms with Crippen molar-refractivity contribution < 1.29 is 72.4 Å². The van der Waals surface area contributed by atoms with Crippen LogP contribution in [0.25, 0.3) is 0 Å². The van der Waals surface area contributed by atoms with Gasteiger partial charge in [-0.2, -0.15) is 4.31 Å². The van der Waals surface area contributed by atoms with E-state index in [9.17, 15) is 59.1 Å². The topological polar surface area (TPSA) is 297 Å². The van der Waals surface area contributed by atoms with Crippen LogP contribution < -0.4 is 11.2 Å². The molecule has 0 aromatic carbocycles. The standard InChI is InChI=1S/C15H24N2O17P2/c18-7-1-2-17(15(25)16-7)13-11(22)9(20)5(32-13)3-30-35(26,27)34-36(28,29)31-4-6-8(19)10(21)12(23)14(24)33-6/h1-2,5-6,8-14,19-24H,3-4H2,(H,26,27)(H,28,29)(H,16,18,25)/t5-,6-,8-,9-,10+,11-,12-,13-,14?/m1/s1. The van der Waals surface area contributed by atoms with Crippen molar-refractivity contribution in [3.8, 4) is 0 Å². The fraction of sp³-hybridized carbons (Fsp3) is 0.733. The SMILES string of the molecule is O=c1ccn([C@@H]2O[C@H](COP(=O)(O)OP(=O)(O)OC[C@H]3OC(O)[C@H](O)[C@@H](O)[C@@H]3O)[C@@H](O)[C@H]2O)c(=O)[nH]1. The van der Waals surface area contributed by atoms with Crippen molar-refractivity contribution in [2.75, 3.05) is 13.2 Å². The van der Waals surface area contributed by atoms with Crippen LogP contribution in [-0.2, 0) is 32.0 Å². The van der Waals surface area contributed by atoms with Crippen molar-refractivity contribution in [3.05, 3.63) is 33.1 Å². The molecule has 9 N–H and O–H groups in total. The molecule has 21 heteroatoms. The molecule has 0 saturated carbocycles. The highest BCUT2D eigenvalue weighted by Crippen LogP contribution is 2.60. The zero-order valence-electron chi connectivity index (χ0n) is 17.9. The van der Waals surface area contributed by atoms with Crippen LogP contribution in [0.15, 0.2) is 21.9 Å². The van der Waals surface area contributed by atoms with Crippen LogP contribution in [0.3, 0.4) is 0 Å². The van der Waals surface area contributed by atoms with Gasteiger partial charge in [-0.1, -0.05) is 0 Å². The fourth-order valence-corrected chi connectivity index (χ4v) is 5.40. The van der Waals surface area contributed by atoms with Crippen LogP contribution in [0.5, 0.6) is 0 Å². The third-order valence-electron chi connectivity index (χ3n) is 5.16. The van der Waals surface area contributed by atoms with Crippen LogP contribution in [0.2, 0.25) is 0 Å². The maximum absolute atomic E-state index is 12.1. The van der Waals surface area contributed by atoms with E-state index in [1.54, 1.807) is 0 Å². The first-order valence-corrected chi connectivity index (χ1v) is 13.0. The number of hydrogen-bond acceptors (Lipinski definition) is 15. The van der Waals surface area contributed by atoms with Crippen LogP contribution in [0.1, 0.15) is 6.23 Å². The van der Waals surface area contributed by atoms with Gasteiger partial charge in [-0.15, -0.1) is 0 Å². The van der Waals surface area contributed by atoms with Gasteiger partial charge in [0.05, 0.1) is 13.2 Å². The number of aromatic amines is 1. The van der Waals surface area contributed by atoms with E-state index in [1.807, 2.05) is 4.98 Å². The molecule has 0 bridgehead atoms. The van der Waals surface area contributed by atoms with Gasteiger partial charge in [0.15, 0.2) is 12.5 Å². The summed E-state index contributed by atoms with van der Waals surface area (Å²) in [5, 5.41) is 58.4. The summed E-state index contributed by atoms with van der Waals surface area (Å²) in [6, 6.07) is 0.934. The molecule has 1 aromatic rings. The normalized spacial score (nSPS) is 38.4. The third-order valence-corrected chi connectivity index (χ3v) is 7.76. The summed E-state index contributed by atoms with van der Waals surface area (Å²) in [5.74, 6) is 0. The Balaban J connectivity index is 1.56. The van der Waals surface area contributed by atoms with Crippen LogP contribution in [0.4, 0.5) is 0 Å². The van der Waals surface area contributed by atoms with Crippen molar-refractivity contribution in [2.24, 2.45) is 0 Å². The number of rotatable bonds is 9. The second kappa shape index (κ2) is 11.2. The molecular weight excluding hydrogens is 542 g/mol. The number of H-pyrrole nitrogens is 1. The number of aliphatic hydroxyl groups is 6. The van der Waals surface area contributed by atoms with Gasteiger partial charge in [-0.3, -0.25) is 23.4 Å². The van der Waals surface area contributed by atoms with Crippen molar-refractivity contribution in [1.82, 2.24) is 9.55 Å². The maximum atomic E-state index is 12.1. The van der Waals surface area contributed by atoms with Crippen LogP contribution in [0, 0.1) is 0 Å². The van der Waals surface area contributed by atoms with E-state index < -0.39 is 95.4 Å². The number of aliphatic hydroxyl groups excluding tert-OH is 6. The van der Waals surface area contributed by atoms with E-state index in [0.29, 0.717) is 0 Å². The quantitative estimate of drug-likeness (QED) is 0.127. The number of nitrogens with one attached hydrogen (secondary N) is 1. The largest absolute Gasteiger partial charge is 0.481 e. The zero-order valence-corrected chi connectivity index (χ0v) is 19.6. The lowest BCUT2D eigenvalue weighted by molar-refractivity contribution is -0.285. The van der Waals surface area contributed by atoms with E-state index in [0.717, 1.165) is 16.8 Å². The summed E-state index contributed by atoms with van der Waals surface area (Å²) < 4.78 is 47.8. The van der Waals surface area contributed by atoms with Crippen molar-refractivity contribution in [3.63, 3.8) is 0 Å². The highest BCUT2D eigenvalue weighted by atomic mass is 31.3. The molecule has 2 saturated heterocycles. The molecule has 36 heavy (non-hydrogen) atoms. The minimum atomic E-state index is -5.41. The molecule has 3 rings (SSSR count). The summed E-state index contributed by atoms with van der Waals surface area (Å²) in [4.78, 5) is 44.4. The van der Waals surface area contributed by atoms with E-state index in [4.69, 9.17) is 9.47 Å². The molecule has 2 aliphatic rings. The minimum absolute atomic E-state index is 0.731. The van der Waals surface area contributed by atoms with E-state index in [2.05, 4.69) is 13.4 Å². The smallest absolute Gasteiger partial charge is 0.387 e. The molecule has 0 aliphatic carbocycles. The predicted molar refractivity (Wildman–Crippen MR) is 109 cm³/mol. The van der Waals surface area contributed by atoms with Gasteiger partial charge in [0.25, 0.3) is 5.56 Å². The molecule has 0 amide bonds. The van der Waals surface area contributed by atoms with Crippen LogP contribution >= 0.6 is 15.6 Å². The van der Waals surface area contributed by atoms with Gasteiger partial charge in [0.1, 0.15) is 42.7 Å². The molecule has 19 nitrogen and oxygen atoms in total. The Morgan fingerprint density at radius 1 is 0.833 bits per heavy atom. The molecule has 0 spiro atoms. The third kappa shape index (κ3) is 6.73. The first-order chi connectivity index (χ1) is 16.6. The van der Waals surface area contributed by atoms with Gasteiger partial charge < -0.3 is 49.9 Å². The zero-order chi connectivity index (χ0) is 27.0. The predicted octanol–water partition coefficient (Wildman–Crippen LogP) is -4.79. The molecule has 3 unspecified atom stereocenters. The van der Waals surface area contributed by atoms with Gasteiger partial charge in [-0.25, -0.2) is 13.9 Å². The molecular formula is C15H24N2O17P2. The molecule has 206 valence electrons. The number of ether oxygens (including phenoxy) is 2. The Bertz CT molecular complexity index is 1130. The lowest BCUT2D eigenvalue weighted by Gasteiger charge is -2.38. The number of phosphoric acid groups is 2. The molecule has 11 atom stereocenters. The molecule has 1 aromatic heterocycles. The first-order valence-electron chi connectivity index (χ1n) is 9.98. The monoisotopic (exact) mass is 566 g/mol. The van der Waals surface area contributed by atoms with Crippen molar-refractivity contribution >= 4 is 15.6 Å². The van der Waals surface area contributed by atoms with E-state index in [-0.39, 0.29) is 0 Å². The summed E-state index contributed by atoms with van der Waals surface area (Å²) in [5.41, 5.74) is -1.73. The van der Waals surface area contributed by atoms with E-state index >= 15 is 0 Å². The second-order valence-electron chi connectivity index (χ2n) is 7.71.